The average molecular weight is 291 g/mol. The van der Waals surface area contributed by atoms with Crippen LogP contribution in [0, 0.1) is 4.77 Å². The molecule has 0 unspecified atom stereocenters. The van der Waals surface area contributed by atoms with E-state index in [1.54, 1.807) is 10.8 Å². The highest BCUT2D eigenvalue weighted by molar-refractivity contribution is 7.71. The molecule has 0 aromatic carbocycles. The molecule has 3 heterocycles. The standard InChI is InChI=1S/C13H13N3OS2/c1-2-3-7-16-12(17)10-9(15-13(16)18)8-5-4-6-14-11(8)19-10/h4-6H,2-3,7H2,1H3,(H,15,18). The summed E-state index contributed by atoms with van der Waals surface area (Å²) in [6, 6.07) is 3.83. The zero-order valence-electron chi connectivity index (χ0n) is 10.5. The maximum Gasteiger partial charge on any atom is 0.272 e. The topological polar surface area (TPSA) is 50.7 Å². The van der Waals surface area contributed by atoms with Crippen molar-refractivity contribution in [3.05, 3.63) is 33.5 Å². The molecular formula is C13H13N3OS2. The molecule has 3 aromatic rings. The molecule has 4 nitrogen and oxygen atoms in total. The Hall–Kier alpha value is -1.53. The summed E-state index contributed by atoms with van der Waals surface area (Å²) in [4.78, 5) is 20.8. The predicted octanol–water partition coefficient (Wildman–Crippen LogP) is 3.47. The number of hydrogen-bond acceptors (Lipinski definition) is 4. The number of fused-ring (bicyclic) bond motifs is 3. The molecule has 0 saturated carbocycles. The molecule has 0 saturated heterocycles. The van der Waals surface area contributed by atoms with Crippen LogP contribution in [0.1, 0.15) is 19.8 Å². The van der Waals surface area contributed by atoms with Crippen LogP contribution in [0.4, 0.5) is 0 Å². The second-order valence-electron chi connectivity index (χ2n) is 4.40. The summed E-state index contributed by atoms with van der Waals surface area (Å²) in [5.74, 6) is 0. The third-order valence-electron chi connectivity index (χ3n) is 3.12. The lowest BCUT2D eigenvalue weighted by atomic mass is 10.3. The number of aromatic nitrogens is 3. The lowest BCUT2D eigenvalue weighted by molar-refractivity contribution is 0.602. The predicted molar refractivity (Wildman–Crippen MR) is 81.5 cm³/mol. The largest absolute Gasteiger partial charge is 0.330 e. The first-order chi connectivity index (χ1) is 9.22. The van der Waals surface area contributed by atoms with Gasteiger partial charge in [0.05, 0.1) is 5.52 Å². The average Bonchev–Trinajstić information content (AvgIpc) is 2.78. The van der Waals surface area contributed by atoms with Gasteiger partial charge in [0, 0.05) is 18.1 Å². The zero-order chi connectivity index (χ0) is 13.4. The molecule has 0 radical (unpaired) electrons. The number of thiophene rings is 1. The van der Waals surface area contributed by atoms with E-state index < -0.39 is 0 Å². The molecule has 0 amide bonds. The van der Waals surface area contributed by atoms with E-state index in [0.29, 0.717) is 16.0 Å². The van der Waals surface area contributed by atoms with Crippen LogP contribution in [-0.4, -0.2) is 14.5 Å². The van der Waals surface area contributed by atoms with E-state index >= 15 is 0 Å². The molecule has 0 spiro atoms. The summed E-state index contributed by atoms with van der Waals surface area (Å²) < 4.78 is 2.85. The molecule has 0 aliphatic carbocycles. The fourth-order valence-corrected chi connectivity index (χ4v) is 3.44. The van der Waals surface area contributed by atoms with Crippen LogP contribution < -0.4 is 5.56 Å². The maximum atomic E-state index is 12.5. The molecule has 0 aliphatic rings. The van der Waals surface area contributed by atoms with Gasteiger partial charge in [0.25, 0.3) is 5.56 Å². The Kier molecular flexibility index (Phi) is 3.20. The van der Waals surface area contributed by atoms with Crippen LogP contribution in [-0.2, 0) is 6.54 Å². The van der Waals surface area contributed by atoms with Gasteiger partial charge in [-0.3, -0.25) is 9.36 Å². The number of rotatable bonds is 3. The quantitative estimate of drug-likeness (QED) is 0.752. The molecule has 0 aliphatic heterocycles. The van der Waals surface area contributed by atoms with Crippen molar-refractivity contribution < 1.29 is 0 Å². The van der Waals surface area contributed by atoms with Crippen molar-refractivity contribution in [2.45, 2.75) is 26.3 Å². The Morgan fingerprint density at radius 2 is 2.37 bits per heavy atom. The number of nitrogens with one attached hydrogen (secondary N) is 1. The third-order valence-corrected chi connectivity index (χ3v) is 4.54. The second kappa shape index (κ2) is 4.86. The Bertz CT molecular complexity index is 860. The minimum Gasteiger partial charge on any atom is -0.330 e. The second-order valence-corrected chi connectivity index (χ2v) is 5.79. The number of hydrogen-bond donors (Lipinski definition) is 1. The zero-order valence-corrected chi connectivity index (χ0v) is 12.1. The number of aromatic amines is 1. The first-order valence-electron chi connectivity index (χ1n) is 6.22. The number of nitrogens with zero attached hydrogens (tertiary/aromatic N) is 2. The van der Waals surface area contributed by atoms with Gasteiger partial charge in [-0.25, -0.2) is 4.98 Å². The molecule has 1 N–H and O–H groups in total. The minimum absolute atomic E-state index is 0.00444. The number of H-pyrrole nitrogens is 1. The van der Waals surface area contributed by atoms with Gasteiger partial charge >= 0.3 is 0 Å². The van der Waals surface area contributed by atoms with Gasteiger partial charge in [-0.05, 0) is 30.8 Å². The lowest BCUT2D eigenvalue weighted by Crippen LogP contribution is -2.21. The van der Waals surface area contributed by atoms with Crippen molar-refractivity contribution in [3.63, 3.8) is 0 Å². The molecule has 0 fully saturated rings. The van der Waals surface area contributed by atoms with Gasteiger partial charge in [-0.2, -0.15) is 0 Å². The Balaban J connectivity index is 2.36. The summed E-state index contributed by atoms with van der Waals surface area (Å²) in [6.45, 7) is 2.77. The van der Waals surface area contributed by atoms with Gasteiger partial charge < -0.3 is 4.98 Å². The van der Waals surface area contributed by atoms with Gasteiger partial charge in [0.1, 0.15) is 9.53 Å². The smallest absolute Gasteiger partial charge is 0.272 e. The van der Waals surface area contributed by atoms with Crippen molar-refractivity contribution in [2.75, 3.05) is 0 Å². The van der Waals surface area contributed by atoms with E-state index in [9.17, 15) is 4.79 Å². The fraction of sp³-hybridized carbons (Fsp3) is 0.308. The van der Waals surface area contributed by atoms with Gasteiger partial charge in [-0.15, -0.1) is 11.3 Å². The first-order valence-corrected chi connectivity index (χ1v) is 7.45. The molecule has 0 bridgehead atoms. The summed E-state index contributed by atoms with van der Waals surface area (Å²) in [5, 5.41) is 0.966. The third kappa shape index (κ3) is 2.01. The fourth-order valence-electron chi connectivity index (χ4n) is 2.12. The van der Waals surface area contributed by atoms with Crippen LogP contribution in [0.3, 0.4) is 0 Å². The Labute approximate surface area is 118 Å². The summed E-state index contributed by atoms with van der Waals surface area (Å²) in [6.07, 6.45) is 3.72. The van der Waals surface area contributed by atoms with Gasteiger partial charge in [0.15, 0.2) is 4.77 Å². The lowest BCUT2D eigenvalue weighted by Gasteiger charge is -2.04. The maximum absolute atomic E-state index is 12.5. The highest BCUT2D eigenvalue weighted by atomic mass is 32.1. The molecular weight excluding hydrogens is 278 g/mol. The van der Waals surface area contributed by atoms with E-state index in [4.69, 9.17) is 12.2 Å². The Morgan fingerprint density at radius 3 is 3.16 bits per heavy atom. The van der Waals surface area contributed by atoms with Crippen molar-refractivity contribution >= 4 is 44.0 Å². The van der Waals surface area contributed by atoms with E-state index in [2.05, 4.69) is 16.9 Å². The van der Waals surface area contributed by atoms with Crippen LogP contribution in [0.5, 0.6) is 0 Å². The van der Waals surface area contributed by atoms with Crippen LogP contribution in [0.2, 0.25) is 0 Å². The Morgan fingerprint density at radius 1 is 1.53 bits per heavy atom. The minimum atomic E-state index is -0.00444. The molecule has 6 heteroatoms. The van der Waals surface area contributed by atoms with Crippen molar-refractivity contribution in [1.29, 1.82) is 0 Å². The summed E-state index contributed by atoms with van der Waals surface area (Å²) in [5.41, 5.74) is 0.811. The van der Waals surface area contributed by atoms with Crippen molar-refractivity contribution in [2.24, 2.45) is 0 Å². The SMILES string of the molecule is CCCCn1c(=S)[nH]c2c(sc3ncccc32)c1=O. The first kappa shape index (κ1) is 12.5. The monoisotopic (exact) mass is 291 g/mol. The van der Waals surface area contributed by atoms with Crippen molar-refractivity contribution in [1.82, 2.24) is 14.5 Å². The number of pyridine rings is 1. The van der Waals surface area contributed by atoms with Gasteiger partial charge in [-0.1, -0.05) is 13.3 Å². The highest BCUT2D eigenvalue weighted by Gasteiger charge is 2.12. The molecule has 0 atom stereocenters. The molecule has 98 valence electrons. The number of unbranched alkanes of at least 4 members (excludes halogenated alkanes) is 1. The summed E-state index contributed by atoms with van der Waals surface area (Å²) >= 11 is 6.72. The highest BCUT2D eigenvalue weighted by Crippen LogP contribution is 2.28. The van der Waals surface area contributed by atoms with Crippen LogP contribution >= 0.6 is 23.6 Å². The van der Waals surface area contributed by atoms with Crippen LogP contribution in [0.15, 0.2) is 23.1 Å². The van der Waals surface area contributed by atoms with Crippen molar-refractivity contribution in [3.8, 4) is 0 Å². The molecule has 19 heavy (non-hydrogen) atoms. The van der Waals surface area contributed by atoms with E-state index in [0.717, 1.165) is 28.6 Å². The van der Waals surface area contributed by atoms with Crippen LogP contribution in [0.25, 0.3) is 20.4 Å². The van der Waals surface area contributed by atoms with E-state index in [1.807, 2.05) is 12.1 Å². The van der Waals surface area contributed by atoms with E-state index in [-0.39, 0.29) is 5.56 Å². The van der Waals surface area contributed by atoms with Gasteiger partial charge in [0.2, 0.25) is 0 Å². The normalized spacial score (nSPS) is 11.4. The molecule has 3 rings (SSSR count). The molecule has 3 aromatic heterocycles. The summed E-state index contributed by atoms with van der Waals surface area (Å²) in [7, 11) is 0. The van der Waals surface area contributed by atoms with E-state index in [1.165, 1.54) is 11.3 Å².